The molecular weight excluding hydrogens is 306 g/mol. The van der Waals surface area contributed by atoms with Crippen molar-refractivity contribution in [1.29, 1.82) is 0 Å². The molecule has 0 atom stereocenters. The summed E-state index contributed by atoms with van der Waals surface area (Å²) in [6.45, 7) is 2.61. The predicted molar refractivity (Wildman–Crippen MR) is 88.4 cm³/mol. The summed E-state index contributed by atoms with van der Waals surface area (Å²) in [5, 5.41) is 10.8. The Morgan fingerprint density at radius 3 is 2.75 bits per heavy atom. The number of nitrogens with one attached hydrogen (secondary N) is 1. The molecule has 1 aromatic carbocycles. The second-order valence-electron chi connectivity index (χ2n) is 5.54. The van der Waals surface area contributed by atoms with E-state index >= 15 is 0 Å². The van der Waals surface area contributed by atoms with Gasteiger partial charge in [-0.05, 0) is 18.1 Å². The minimum absolute atomic E-state index is 0.123. The van der Waals surface area contributed by atoms with Gasteiger partial charge in [0.25, 0.3) is 5.91 Å². The minimum atomic E-state index is -0.123. The summed E-state index contributed by atoms with van der Waals surface area (Å²) in [5.41, 5.74) is 3.47. The quantitative estimate of drug-likeness (QED) is 0.751. The number of aryl methyl sites for hydroxylation is 1. The number of carbonyl (C=O) groups is 1. The number of aromatic nitrogens is 4. The van der Waals surface area contributed by atoms with Gasteiger partial charge in [0.1, 0.15) is 5.69 Å². The van der Waals surface area contributed by atoms with E-state index < -0.39 is 0 Å². The molecule has 2 heterocycles. The van der Waals surface area contributed by atoms with Gasteiger partial charge in [0.2, 0.25) is 6.39 Å². The number of H-pyrrole nitrogens is 1. The zero-order valence-corrected chi connectivity index (χ0v) is 13.7. The number of likely N-dealkylation sites (N-methyl/N-ethyl adjacent to an activating group) is 1. The average molecular weight is 325 g/mol. The minimum Gasteiger partial charge on any atom is -0.343 e. The number of hydrogen-bond donors (Lipinski definition) is 1. The van der Waals surface area contributed by atoms with E-state index in [1.54, 1.807) is 18.0 Å². The van der Waals surface area contributed by atoms with E-state index in [0.29, 0.717) is 24.5 Å². The number of amides is 1. The molecule has 0 unspecified atom stereocenters. The van der Waals surface area contributed by atoms with Crippen LogP contribution in [0.25, 0.3) is 11.3 Å². The van der Waals surface area contributed by atoms with Crippen LogP contribution in [0.15, 0.2) is 41.2 Å². The molecule has 0 saturated carbocycles. The Balaban J connectivity index is 1.66. The molecule has 0 spiro atoms. The molecule has 0 radical (unpaired) electrons. The standard InChI is InChI=1S/C17H19N5O2/c1-3-12-4-6-13(7-5-12)14-10-15(20-19-14)17(23)22(2)9-8-16-18-11-24-21-16/h4-7,10-11H,3,8-9H2,1-2H3,(H,19,20). The molecule has 0 aliphatic carbocycles. The van der Waals surface area contributed by atoms with E-state index in [4.69, 9.17) is 0 Å². The van der Waals surface area contributed by atoms with Crippen molar-refractivity contribution in [3.8, 4) is 11.3 Å². The second-order valence-corrected chi connectivity index (χ2v) is 5.54. The summed E-state index contributed by atoms with van der Waals surface area (Å²) in [5.74, 6) is 0.457. The van der Waals surface area contributed by atoms with Gasteiger partial charge in [0.05, 0.1) is 5.69 Å². The van der Waals surface area contributed by atoms with Gasteiger partial charge in [0, 0.05) is 25.6 Å². The predicted octanol–water partition coefficient (Wildman–Crippen LogP) is 2.34. The molecule has 2 aromatic heterocycles. The highest BCUT2D eigenvalue weighted by molar-refractivity contribution is 5.93. The van der Waals surface area contributed by atoms with Crippen molar-refractivity contribution in [2.75, 3.05) is 13.6 Å². The van der Waals surface area contributed by atoms with Gasteiger partial charge in [-0.3, -0.25) is 9.89 Å². The lowest BCUT2D eigenvalue weighted by Gasteiger charge is -2.14. The molecule has 24 heavy (non-hydrogen) atoms. The Kier molecular flexibility index (Phi) is 4.69. The lowest BCUT2D eigenvalue weighted by molar-refractivity contribution is 0.0790. The molecule has 1 amide bonds. The van der Waals surface area contributed by atoms with Crippen molar-refractivity contribution in [3.05, 3.63) is 53.8 Å². The van der Waals surface area contributed by atoms with Gasteiger partial charge in [-0.1, -0.05) is 36.3 Å². The molecule has 124 valence electrons. The van der Waals surface area contributed by atoms with Crippen LogP contribution in [0.5, 0.6) is 0 Å². The third-order valence-corrected chi connectivity index (χ3v) is 3.89. The molecule has 0 aliphatic rings. The summed E-state index contributed by atoms with van der Waals surface area (Å²) in [6.07, 6.45) is 2.82. The highest BCUT2D eigenvalue weighted by atomic mass is 16.5. The average Bonchev–Trinajstić information content (AvgIpc) is 3.30. The van der Waals surface area contributed by atoms with Gasteiger partial charge < -0.3 is 9.42 Å². The molecular formula is C17H19N5O2. The van der Waals surface area contributed by atoms with Crippen LogP contribution in [0.3, 0.4) is 0 Å². The summed E-state index contributed by atoms with van der Waals surface area (Å²) < 4.78 is 4.68. The molecule has 0 bridgehead atoms. The van der Waals surface area contributed by atoms with Crippen molar-refractivity contribution >= 4 is 5.91 Å². The number of benzene rings is 1. The van der Waals surface area contributed by atoms with Crippen molar-refractivity contribution in [2.45, 2.75) is 19.8 Å². The van der Waals surface area contributed by atoms with Crippen LogP contribution in [0, 0.1) is 0 Å². The third-order valence-electron chi connectivity index (χ3n) is 3.89. The van der Waals surface area contributed by atoms with Crippen LogP contribution in [-0.4, -0.2) is 44.7 Å². The van der Waals surface area contributed by atoms with E-state index in [-0.39, 0.29) is 5.91 Å². The van der Waals surface area contributed by atoms with E-state index in [2.05, 4.69) is 43.9 Å². The van der Waals surface area contributed by atoms with Crippen LogP contribution >= 0.6 is 0 Å². The van der Waals surface area contributed by atoms with Crippen LogP contribution in [0.2, 0.25) is 0 Å². The summed E-state index contributed by atoms with van der Waals surface area (Å²) in [6, 6.07) is 9.95. The van der Waals surface area contributed by atoms with Crippen LogP contribution in [-0.2, 0) is 12.8 Å². The molecule has 1 N–H and O–H groups in total. The van der Waals surface area contributed by atoms with Crippen molar-refractivity contribution in [3.63, 3.8) is 0 Å². The van der Waals surface area contributed by atoms with Gasteiger partial charge in [-0.15, -0.1) is 0 Å². The maximum Gasteiger partial charge on any atom is 0.271 e. The molecule has 3 aromatic rings. The molecule has 0 fully saturated rings. The number of nitrogens with zero attached hydrogens (tertiary/aromatic N) is 4. The SMILES string of the molecule is CCc1ccc(-c2cc(C(=O)N(C)CCc3ncon3)[nH]n2)cc1. The highest BCUT2D eigenvalue weighted by Crippen LogP contribution is 2.19. The van der Waals surface area contributed by atoms with Crippen molar-refractivity contribution in [1.82, 2.24) is 25.2 Å². The van der Waals surface area contributed by atoms with E-state index in [9.17, 15) is 4.79 Å². The lowest BCUT2D eigenvalue weighted by Crippen LogP contribution is -2.29. The maximum absolute atomic E-state index is 12.4. The molecule has 7 nitrogen and oxygen atoms in total. The van der Waals surface area contributed by atoms with Crippen molar-refractivity contribution in [2.24, 2.45) is 0 Å². The first-order chi connectivity index (χ1) is 11.7. The Hall–Kier alpha value is -2.96. The number of rotatable bonds is 6. The first kappa shape index (κ1) is 15.9. The maximum atomic E-state index is 12.4. The van der Waals surface area contributed by atoms with Gasteiger partial charge in [-0.2, -0.15) is 10.1 Å². The zero-order valence-electron chi connectivity index (χ0n) is 13.7. The fourth-order valence-corrected chi connectivity index (χ4v) is 2.37. The summed E-state index contributed by atoms with van der Waals surface area (Å²) >= 11 is 0. The fourth-order valence-electron chi connectivity index (χ4n) is 2.37. The van der Waals surface area contributed by atoms with Crippen LogP contribution in [0.1, 0.15) is 28.8 Å². The molecule has 0 aliphatic heterocycles. The largest absolute Gasteiger partial charge is 0.343 e. The molecule has 0 saturated heterocycles. The first-order valence-corrected chi connectivity index (χ1v) is 7.83. The lowest BCUT2D eigenvalue weighted by atomic mass is 10.1. The van der Waals surface area contributed by atoms with Gasteiger partial charge in [-0.25, -0.2) is 0 Å². The smallest absolute Gasteiger partial charge is 0.271 e. The topological polar surface area (TPSA) is 87.9 Å². The number of hydrogen-bond acceptors (Lipinski definition) is 5. The fraction of sp³-hybridized carbons (Fsp3) is 0.294. The highest BCUT2D eigenvalue weighted by Gasteiger charge is 2.16. The zero-order chi connectivity index (χ0) is 16.9. The van der Waals surface area contributed by atoms with Gasteiger partial charge >= 0.3 is 0 Å². The normalized spacial score (nSPS) is 10.8. The second kappa shape index (κ2) is 7.08. The Morgan fingerprint density at radius 1 is 1.29 bits per heavy atom. The number of carbonyl (C=O) groups excluding carboxylic acids is 1. The Morgan fingerprint density at radius 2 is 2.08 bits per heavy atom. The van der Waals surface area contributed by atoms with E-state index in [1.807, 2.05) is 12.1 Å². The van der Waals surface area contributed by atoms with Crippen LogP contribution in [0.4, 0.5) is 0 Å². The molecule has 7 heteroatoms. The third kappa shape index (κ3) is 3.51. The monoisotopic (exact) mass is 325 g/mol. The first-order valence-electron chi connectivity index (χ1n) is 7.83. The summed E-state index contributed by atoms with van der Waals surface area (Å²) in [4.78, 5) is 18.0. The number of aromatic amines is 1. The van der Waals surface area contributed by atoms with Gasteiger partial charge in [0.15, 0.2) is 5.82 Å². The molecule has 3 rings (SSSR count). The Bertz CT molecular complexity index is 793. The van der Waals surface area contributed by atoms with E-state index in [0.717, 1.165) is 17.7 Å². The Labute approximate surface area is 139 Å². The van der Waals surface area contributed by atoms with E-state index in [1.165, 1.54) is 12.0 Å². The summed E-state index contributed by atoms with van der Waals surface area (Å²) in [7, 11) is 1.74. The van der Waals surface area contributed by atoms with Crippen molar-refractivity contribution < 1.29 is 9.32 Å². The van der Waals surface area contributed by atoms with Crippen LogP contribution < -0.4 is 0 Å².